The van der Waals surface area contributed by atoms with Gasteiger partial charge in [0.2, 0.25) is 11.8 Å². The van der Waals surface area contributed by atoms with Gasteiger partial charge in [-0.2, -0.15) is 0 Å². The van der Waals surface area contributed by atoms with Crippen LogP contribution in [0.5, 0.6) is 5.75 Å². The third-order valence-electron chi connectivity index (χ3n) is 5.31. The maximum Gasteiger partial charge on any atom is 0.247 e. The molecule has 2 N–H and O–H groups in total. The first-order valence-electron chi connectivity index (χ1n) is 9.57. The van der Waals surface area contributed by atoms with Crippen molar-refractivity contribution < 1.29 is 14.3 Å². The third kappa shape index (κ3) is 5.23. The van der Waals surface area contributed by atoms with Gasteiger partial charge >= 0.3 is 0 Å². The summed E-state index contributed by atoms with van der Waals surface area (Å²) in [6, 6.07) is 5.00. The lowest BCUT2D eigenvalue weighted by atomic mass is 9.82. The fraction of sp³-hybridized carbons (Fsp3) is 0.619. The fourth-order valence-corrected chi connectivity index (χ4v) is 3.45. The summed E-state index contributed by atoms with van der Waals surface area (Å²) in [4.78, 5) is 25.4. The largest absolute Gasteiger partial charge is 0.496 e. The summed E-state index contributed by atoms with van der Waals surface area (Å²) in [5.74, 6) is 1.27. The van der Waals surface area contributed by atoms with E-state index in [0.717, 1.165) is 37.0 Å². The van der Waals surface area contributed by atoms with Crippen molar-refractivity contribution in [3.63, 3.8) is 0 Å². The lowest BCUT2D eigenvalue weighted by Gasteiger charge is -2.28. The van der Waals surface area contributed by atoms with Gasteiger partial charge in [-0.3, -0.25) is 9.59 Å². The Hall–Kier alpha value is -2.04. The Morgan fingerprint density at radius 2 is 1.81 bits per heavy atom. The molecule has 1 atom stereocenters. The molecule has 0 saturated heterocycles. The van der Waals surface area contributed by atoms with Crippen molar-refractivity contribution in [2.75, 3.05) is 12.4 Å². The van der Waals surface area contributed by atoms with Crippen molar-refractivity contribution in [1.29, 1.82) is 0 Å². The Morgan fingerprint density at radius 1 is 1.15 bits per heavy atom. The Morgan fingerprint density at radius 3 is 2.38 bits per heavy atom. The highest BCUT2D eigenvalue weighted by Crippen LogP contribution is 2.28. The van der Waals surface area contributed by atoms with Crippen molar-refractivity contribution in [2.45, 2.75) is 59.4 Å². The lowest BCUT2D eigenvalue weighted by Crippen LogP contribution is -2.49. The van der Waals surface area contributed by atoms with E-state index in [4.69, 9.17) is 4.74 Å². The van der Waals surface area contributed by atoms with Crippen molar-refractivity contribution in [3.05, 3.63) is 23.8 Å². The van der Waals surface area contributed by atoms with Gasteiger partial charge in [0.1, 0.15) is 11.8 Å². The van der Waals surface area contributed by atoms with Crippen LogP contribution in [-0.4, -0.2) is 25.0 Å². The summed E-state index contributed by atoms with van der Waals surface area (Å²) in [5, 5.41) is 5.89. The molecule has 2 amide bonds. The van der Waals surface area contributed by atoms with Crippen molar-refractivity contribution in [3.8, 4) is 5.75 Å². The van der Waals surface area contributed by atoms with E-state index in [1.54, 1.807) is 13.2 Å². The fourth-order valence-electron chi connectivity index (χ4n) is 3.45. The molecule has 0 bridgehead atoms. The first kappa shape index (κ1) is 20.3. The Labute approximate surface area is 156 Å². The number of hydrogen-bond acceptors (Lipinski definition) is 3. The van der Waals surface area contributed by atoms with Gasteiger partial charge in [-0.15, -0.1) is 0 Å². The summed E-state index contributed by atoms with van der Waals surface area (Å²) >= 11 is 0. The number of anilines is 1. The SMILES string of the molecule is COc1cc(NC(=O)C(NC(=O)C2CCC(C)CC2)C(C)C)ccc1C. The maximum absolute atomic E-state index is 12.7. The minimum absolute atomic E-state index is 0.00670. The normalized spacial score (nSPS) is 21.2. The minimum Gasteiger partial charge on any atom is -0.496 e. The van der Waals surface area contributed by atoms with E-state index >= 15 is 0 Å². The highest BCUT2D eigenvalue weighted by Gasteiger charge is 2.30. The van der Waals surface area contributed by atoms with Crippen LogP contribution in [0.25, 0.3) is 0 Å². The van der Waals surface area contributed by atoms with Gasteiger partial charge in [-0.25, -0.2) is 0 Å². The number of ether oxygens (including phenoxy) is 1. The van der Waals surface area contributed by atoms with E-state index in [-0.39, 0.29) is 23.7 Å². The zero-order valence-corrected chi connectivity index (χ0v) is 16.6. The van der Waals surface area contributed by atoms with E-state index in [9.17, 15) is 9.59 Å². The van der Waals surface area contributed by atoms with Gasteiger partial charge in [-0.05, 0) is 56.1 Å². The summed E-state index contributed by atoms with van der Waals surface area (Å²) in [5.41, 5.74) is 1.68. The van der Waals surface area contributed by atoms with Crippen LogP contribution in [0, 0.1) is 24.7 Å². The number of methoxy groups -OCH3 is 1. The molecule has 5 heteroatoms. The third-order valence-corrected chi connectivity index (χ3v) is 5.31. The smallest absolute Gasteiger partial charge is 0.247 e. The first-order valence-corrected chi connectivity index (χ1v) is 9.57. The predicted octanol–water partition coefficient (Wildman–Crippen LogP) is 3.91. The molecule has 2 rings (SSSR count). The molecule has 0 spiro atoms. The molecule has 0 radical (unpaired) electrons. The number of carbonyl (C=O) groups is 2. The lowest BCUT2D eigenvalue weighted by molar-refractivity contribution is -0.131. The van der Waals surface area contributed by atoms with Gasteiger partial charge in [0.25, 0.3) is 0 Å². The molecule has 144 valence electrons. The molecule has 0 heterocycles. The van der Waals surface area contributed by atoms with Gasteiger partial charge in [0, 0.05) is 17.7 Å². The number of hydrogen-bond donors (Lipinski definition) is 2. The molecule has 1 unspecified atom stereocenters. The molecule has 1 aromatic rings. The van der Waals surface area contributed by atoms with Crippen molar-refractivity contribution in [2.24, 2.45) is 17.8 Å². The maximum atomic E-state index is 12.7. The summed E-state index contributed by atoms with van der Waals surface area (Å²) < 4.78 is 5.31. The number of carbonyl (C=O) groups excluding carboxylic acids is 2. The number of nitrogens with one attached hydrogen (secondary N) is 2. The quantitative estimate of drug-likeness (QED) is 0.808. The Bertz CT molecular complexity index is 634. The number of amides is 2. The summed E-state index contributed by atoms with van der Waals surface area (Å²) in [6.45, 7) is 8.08. The number of rotatable bonds is 6. The molecule has 26 heavy (non-hydrogen) atoms. The Balaban J connectivity index is 2.02. The second-order valence-corrected chi connectivity index (χ2v) is 7.86. The molecule has 1 fully saturated rings. The number of aryl methyl sites for hydroxylation is 1. The van der Waals surface area contributed by atoms with E-state index in [1.165, 1.54) is 0 Å². The average Bonchev–Trinajstić information content (AvgIpc) is 2.61. The van der Waals surface area contributed by atoms with Gasteiger partial charge < -0.3 is 15.4 Å². The van der Waals surface area contributed by atoms with Crippen LogP contribution in [-0.2, 0) is 9.59 Å². The zero-order chi connectivity index (χ0) is 19.3. The number of benzene rings is 1. The van der Waals surface area contributed by atoms with Crippen LogP contribution in [0.15, 0.2) is 18.2 Å². The van der Waals surface area contributed by atoms with Gasteiger partial charge in [0.05, 0.1) is 7.11 Å². The first-order chi connectivity index (χ1) is 12.3. The Kier molecular flexibility index (Phi) is 7.06. The minimum atomic E-state index is -0.547. The highest BCUT2D eigenvalue weighted by molar-refractivity contribution is 5.97. The highest BCUT2D eigenvalue weighted by atomic mass is 16.5. The molecule has 1 aliphatic carbocycles. The van der Waals surface area contributed by atoms with Crippen LogP contribution in [0.4, 0.5) is 5.69 Å². The van der Waals surface area contributed by atoms with Crippen molar-refractivity contribution in [1.82, 2.24) is 5.32 Å². The van der Waals surface area contributed by atoms with E-state index in [1.807, 2.05) is 32.9 Å². The molecule has 1 aromatic carbocycles. The summed E-state index contributed by atoms with van der Waals surface area (Å²) in [7, 11) is 1.61. The zero-order valence-electron chi connectivity index (χ0n) is 16.6. The van der Waals surface area contributed by atoms with E-state index < -0.39 is 6.04 Å². The topological polar surface area (TPSA) is 67.4 Å². The standard InChI is InChI=1S/C21H32N2O3/c1-13(2)19(23-20(24)16-9-6-14(3)7-10-16)21(25)22-17-11-8-15(4)18(12-17)26-5/h8,11-14,16,19H,6-7,9-10H2,1-5H3,(H,22,25)(H,23,24). The van der Waals surface area contributed by atoms with E-state index in [0.29, 0.717) is 11.6 Å². The van der Waals surface area contributed by atoms with Gasteiger partial charge in [-0.1, -0.05) is 26.8 Å². The second kappa shape index (κ2) is 9.06. The molecular formula is C21H32N2O3. The van der Waals surface area contributed by atoms with Crippen LogP contribution < -0.4 is 15.4 Å². The van der Waals surface area contributed by atoms with Gasteiger partial charge in [0.15, 0.2) is 0 Å². The molecule has 5 nitrogen and oxygen atoms in total. The molecular weight excluding hydrogens is 328 g/mol. The summed E-state index contributed by atoms with van der Waals surface area (Å²) in [6.07, 6.45) is 3.99. The average molecular weight is 360 g/mol. The second-order valence-electron chi connectivity index (χ2n) is 7.86. The van der Waals surface area contributed by atoms with Crippen LogP contribution in [0.2, 0.25) is 0 Å². The van der Waals surface area contributed by atoms with E-state index in [2.05, 4.69) is 17.6 Å². The van der Waals surface area contributed by atoms with Crippen LogP contribution >= 0.6 is 0 Å². The van der Waals surface area contributed by atoms with Crippen LogP contribution in [0.3, 0.4) is 0 Å². The monoisotopic (exact) mass is 360 g/mol. The van der Waals surface area contributed by atoms with Crippen molar-refractivity contribution >= 4 is 17.5 Å². The molecule has 0 aliphatic heterocycles. The molecule has 1 aliphatic rings. The predicted molar refractivity (Wildman–Crippen MR) is 104 cm³/mol. The van der Waals surface area contributed by atoms with Crippen LogP contribution in [0.1, 0.15) is 52.0 Å². The molecule has 0 aromatic heterocycles. The molecule has 1 saturated carbocycles.